The topological polar surface area (TPSA) is 59.6 Å². The molecule has 1 saturated carbocycles. The quantitative estimate of drug-likeness (QED) is 0.678. The van der Waals surface area contributed by atoms with Crippen LogP contribution in [0.4, 0.5) is 5.69 Å². The summed E-state index contributed by atoms with van der Waals surface area (Å²) in [6.45, 7) is 0.299. The number of nitrogens with zero attached hydrogens (tertiary/aromatic N) is 3. The molecule has 0 aliphatic heterocycles. The third-order valence-corrected chi connectivity index (χ3v) is 5.42. The number of ether oxygens (including phenoxy) is 1. The van der Waals surface area contributed by atoms with Crippen LogP contribution in [0.2, 0.25) is 0 Å². The highest BCUT2D eigenvalue weighted by Gasteiger charge is 2.22. The van der Waals surface area contributed by atoms with E-state index in [0.29, 0.717) is 18.6 Å². The van der Waals surface area contributed by atoms with Crippen LogP contribution in [0.3, 0.4) is 0 Å². The van der Waals surface area contributed by atoms with Crippen molar-refractivity contribution >= 4 is 22.8 Å². The average Bonchev–Trinajstić information content (AvgIpc) is 3.15. The van der Waals surface area contributed by atoms with E-state index in [2.05, 4.69) is 15.9 Å². The molecule has 1 N–H and O–H groups in total. The number of fused-ring (bicyclic) bond motifs is 1. The van der Waals surface area contributed by atoms with Crippen LogP contribution in [0.25, 0.3) is 10.9 Å². The lowest BCUT2D eigenvalue weighted by Crippen LogP contribution is -2.20. The summed E-state index contributed by atoms with van der Waals surface area (Å²) in [6, 6.07) is 14.4. The molecule has 0 radical (unpaired) electrons. The van der Waals surface area contributed by atoms with Gasteiger partial charge in [0.05, 0.1) is 18.7 Å². The highest BCUT2D eigenvalue weighted by atomic mass is 16.5. The second-order valence-electron chi connectivity index (χ2n) is 7.22. The molecule has 1 aliphatic rings. The number of rotatable bonds is 5. The first-order valence-corrected chi connectivity index (χ1v) is 9.53. The molecule has 1 aromatic heterocycles. The molecule has 0 amide bonds. The first-order chi connectivity index (χ1) is 13.3. The van der Waals surface area contributed by atoms with E-state index < -0.39 is 0 Å². The van der Waals surface area contributed by atoms with Crippen LogP contribution >= 0.6 is 0 Å². The van der Waals surface area contributed by atoms with Crippen LogP contribution in [0, 0.1) is 5.92 Å². The lowest BCUT2D eigenvalue weighted by Gasteiger charge is -2.27. The molecule has 0 saturated heterocycles. The molecule has 27 heavy (non-hydrogen) atoms. The van der Waals surface area contributed by atoms with Gasteiger partial charge in [0.2, 0.25) is 0 Å². The molecule has 1 heterocycles. The third kappa shape index (κ3) is 3.88. The Morgan fingerprint density at radius 3 is 2.67 bits per heavy atom. The Morgan fingerprint density at radius 2 is 1.96 bits per heavy atom. The van der Waals surface area contributed by atoms with Crippen molar-refractivity contribution in [2.45, 2.75) is 31.7 Å². The molecule has 3 aromatic rings. The van der Waals surface area contributed by atoms with Crippen molar-refractivity contribution in [1.29, 1.82) is 0 Å². The monoisotopic (exact) mass is 363 g/mol. The van der Waals surface area contributed by atoms with E-state index in [1.165, 1.54) is 0 Å². The summed E-state index contributed by atoms with van der Waals surface area (Å²) < 4.78 is 7.62. The van der Waals surface area contributed by atoms with Gasteiger partial charge in [-0.2, -0.15) is 5.10 Å². The molecule has 2 aromatic carbocycles. The van der Waals surface area contributed by atoms with E-state index >= 15 is 0 Å². The molecular weight excluding hydrogens is 338 g/mol. The van der Waals surface area contributed by atoms with Crippen molar-refractivity contribution in [3.63, 3.8) is 0 Å². The second-order valence-corrected chi connectivity index (χ2v) is 7.22. The van der Waals surface area contributed by atoms with Gasteiger partial charge in [-0.15, -0.1) is 0 Å². The largest absolute Gasteiger partial charge is 0.494 e. The van der Waals surface area contributed by atoms with E-state index in [4.69, 9.17) is 9.84 Å². The van der Waals surface area contributed by atoms with Crippen LogP contribution < -0.4 is 4.74 Å². The lowest BCUT2D eigenvalue weighted by molar-refractivity contribution is 0.165. The van der Waals surface area contributed by atoms with Gasteiger partial charge in [-0.05, 0) is 43.2 Å². The van der Waals surface area contributed by atoms with Gasteiger partial charge in [-0.25, -0.2) is 0 Å². The molecule has 5 nitrogen and oxygen atoms in total. The number of hydrogen-bond donors (Lipinski definition) is 1. The van der Waals surface area contributed by atoms with Gasteiger partial charge < -0.3 is 9.84 Å². The SMILES string of the molecule is COc1cc2nn(C3CCC(CO)CC3)cc2cc1N=Cc1ccccc1. The minimum absolute atomic E-state index is 0.299. The van der Waals surface area contributed by atoms with Crippen molar-refractivity contribution in [2.24, 2.45) is 10.9 Å². The highest BCUT2D eigenvalue weighted by molar-refractivity contribution is 5.88. The minimum atomic E-state index is 0.299. The number of methoxy groups -OCH3 is 1. The van der Waals surface area contributed by atoms with Crippen LogP contribution in [-0.4, -0.2) is 34.8 Å². The summed E-state index contributed by atoms with van der Waals surface area (Å²) in [4.78, 5) is 4.63. The number of aliphatic imine (C=N–C) groups is 1. The minimum Gasteiger partial charge on any atom is -0.494 e. The van der Waals surface area contributed by atoms with E-state index in [1.807, 2.05) is 48.7 Å². The number of aromatic nitrogens is 2. The molecule has 1 aliphatic carbocycles. The summed E-state index contributed by atoms with van der Waals surface area (Å²) in [7, 11) is 1.66. The van der Waals surface area contributed by atoms with Gasteiger partial charge in [0.1, 0.15) is 11.4 Å². The smallest absolute Gasteiger partial charge is 0.146 e. The van der Waals surface area contributed by atoms with E-state index in [0.717, 1.165) is 53.6 Å². The summed E-state index contributed by atoms with van der Waals surface area (Å²) >= 11 is 0. The van der Waals surface area contributed by atoms with Crippen molar-refractivity contribution in [3.8, 4) is 5.75 Å². The molecule has 1 fully saturated rings. The zero-order valence-corrected chi connectivity index (χ0v) is 15.6. The van der Waals surface area contributed by atoms with E-state index in [9.17, 15) is 5.11 Å². The fourth-order valence-electron chi connectivity index (χ4n) is 3.79. The Labute approximate surface area is 159 Å². The molecule has 0 bridgehead atoms. The first kappa shape index (κ1) is 17.7. The van der Waals surface area contributed by atoms with Crippen LogP contribution in [-0.2, 0) is 0 Å². The van der Waals surface area contributed by atoms with Crippen LogP contribution in [0.1, 0.15) is 37.3 Å². The molecule has 0 unspecified atom stereocenters. The van der Waals surface area contributed by atoms with Gasteiger partial charge in [0, 0.05) is 30.5 Å². The normalized spacial score (nSPS) is 20.4. The van der Waals surface area contributed by atoms with Crippen LogP contribution in [0.15, 0.2) is 53.7 Å². The second kappa shape index (κ2) is 7.92. The van der Waals surface area contributed by atoms with Crippen molar-refractivity contribution in [2.75, 3.05) is 13.7 Å². The van der Waals surface area contributed by atoms with Gasteiger partial charge in [-0.3, -0.25) is 9.67 Å². The van der Waals surface area contributed by atoms with Crippen molar-refractivity contribution in [1.82, 2.24) is 9.78 Å². The zero-order valence-electron chi connectivity index (χ0n) is 15.6. The Morgan fingerprint density at radius 1 is 1.19 bits per heavy atom. The number of hydrogen-bond acceptors (Lipinski definition) is 4. The highest BCUT2D eigenvalue weighted by Crippen LogP contribution is 2.35. The zero-order chi connectivity index (χ0) is 18.6. The lowest BCUT2D eigenvalue weighted by atomic mass is 9.87. The summed E-state index contributed by atoms with van der Waals surface area (Å²) in [5.41, 5.74) is 2.78. The van der Waals surface area contributed by atoms with E-state index in [1.54, 1.807) is 7.11 Å². The summed E-state index contributed by atoms with van der Waals surface area (Å²) in [6.07, 6.45) is 8.22. The maximum atomic E-state index is 9.33. The third-order valence-electron chi connectivity index (χ3n) is 5.42. The van der Waals surface area contributed by atoms with Gasteiger partial charge in [0.25, 0.3) is 0 Å². The number of aliphatic hydroxyl groups excluding tert-OH is 1. The summed E-state index contributed by atoms with van der Waals surface area (Å²) in [5, 5.41) is 15.2. The summed E-state index contributed by atoms with van der Waals surface area (Å²) in [5.74, 6) is 1.18. The first-order valence-electron chi connectivity index (χ1n) is 9.53. The maximum Gasteiger partial charge on any atom is 0.146 e. The van der Waals surface area contributed by atoms with Crippen LogP contribution in [0.5, 0.6) is 5.75 Å². The Kier molecular flexibility index (Phi) is 5.21. The fourth-order valence-corrected chi connectivity index (χ4v) is 3.79. The molecular formula is C22H25N3O2. The fraction of sp³-hybridized carbons (Fsp3) is 0.364. The Balaban J connectivity index is 1.61. The molecule has 0 spiro atoms. The molecule has 140 valence electrons. The molecule has 4 rings (SSSR count). The van der Waals surface area contributed by atoms with Gasteiger partial charge >= 0.3 is 0 Å². The predicted octanol–water partition coefficient (Wildman–Crippen LogP) is 4.52. The average molecular weight is 363 g/mol. The maximum absolute atomic E-state index is 9.33. The molecule has 5 heteroatoms. The predicted molar refractivity (Wildman–Crippen MR) is 108 cm³/mol. The standard InChI is InChI=1S/C22H25N3O2/c1-27-22-12-20-18(11-21(22)23-13-16-5-3-2-4-6-16)14-25(24-20)19-9-7-17(15-26)8-10-19/h2-6,11-14,17,19,26H,7-10,15H2,1H3. The Hall–Kier alpha value is -2.66. The molecule has 0 atom stereocenters. The number of aliphatic hydroxyl groups is 1. The Bertz CT molecular complexity index is 925. The van der Waals surface area contributed by atoms with Crippen molar-refractivity contribution < 1.29 is 9.84 Å². The van der Waals surface area contributed by atoms with Gasteiger partial charge in [-0.1, -0.05) is 30.3 Å². The van der Waals surface area contributed by atoms with Gasteiger partial charge in [0.15, 0.2) is 0 Å². The van der Waals surface area contributed by atoms with E-state index in [-0.39, 0.29) is 0 Å². The number of benzene rings is 2. The van der Waals surface area contributed by atoms with Crippen molar-refractivity contribution in [3.05, 3.63) is 54.2 Å².